The highest BCUT2D eigenvalue weighted by molar-refractivity contribution is 5.93. The number of hydrogen-bond donors (Lipinski definition) is 0. The van der Waals surface area contributed by atoms with Crippen molar-refractivity contribution in [1.29, 1.82) is 0 Å². The Morgan fingerprint density at radius 3 is 2.32 bits per heavy atom. The highest BCUT2D eigenvalue weighted by Gasteiger charge is 2.65. The summed E-state index contributed by atoms with van der Waals surface area (Å²) in [6.07, 6.45) is 7.26. The van der Waals surface area contributed by atoms with Crippen LogP contribution in [0.1, 0.15) is 41.4 Å². The van der Waals surface area contributed by atoms with Crippen LogP contribution in [-0.2, 0) is 0 Å². The van der Waals surface area contributed by atoms with E-state index in [1.165, 1.54) is 23.8 Å². The van der Waals surface area contributed by atoms with Gasteiger partial charge < -0.3 is 0 Å². The van der Waals surface area contributed by atoms with Gasteiger partial charge in [-0.15, -0.1) is 13.2 Å². The molecule has 2 bridgehead atoms. The van der Waals surface area contributed by atoms with E-state index in [-0.39, 0.29) is 0 Å². The monoisotopic (exact) mass is 326 g/mol. The molecule has 0 nitrogen and oxygen atoms in total. The van der Waals surface area contributed by atoms with Crippen molar-refractivity contribution >= 4 is 10.8 Å². The van der Waals surface area contributed by atoms with Crippen LogP contribution in [0.2, 0.25) is 0 Å². The average molecular weight is 326 g/mol. The summed E-state index contributed by atoms with van der Waals surface area (Å²) in [4.78, 5) is 0. The van der Waals surface area contributed by atoms with Crippen molar-refractivity contribution in [2.24, 2.45) is 35.5 Å². The predicted octanol–water partition coefficient (Wildman–Crippen LogP) is 6.22. The summed E-state index contributed by atoms with van der Waals surface area (Å²) in [5.41, 5.74) is 4.89. The van der Waals surface area contributed by atoms with Crippen LogP contribution in [0.3, 0.4) is 0 Å². The quantitative estimate of drug-likeness (QED) is 0.575. The molecule has 2 aromatic carbocycles. The Kier molecular flexibility index (Phi) is 2.68. The molecule has 0 spiro atoms. The van der Waals surface area contributed by atoms with Crippen molar-refractivity contribution in [2.75, 3.05) is 0 Å². The summed E-state index contributed by atoms with van der Waals surface area (Å²) >= 11 is 0. The molecule has 4 aliphatic carbocycles. The second-order valence-corrected chi connectivity index (χ2v) is 9.05. The molecule has 0 heterocycles. The van der Waals surface area contributed by atoms with E-state index in [1.807, 2.05) is 0 Å². The molecule has 0 heteroatoms. The Morgan fingerprint density at radius 2 is 1.60 bits per heavy atom. The number of fused-ring (bicyclic) bond motifs is 10. The first kappa shape index (κ1) is 14.4. The molecule has 0 saturated heterocycles. The van der Waals surface area contributed by atoms with Gasteiger partial charge in [0.2, 0.25) is 0 Å². The molecule has 3 saturated carbocycles. The molecule has 6 rings (SSSR count). The molecular formula is C25H26. The van der Waals surface area contributed by atoms with Crippen LogP contribution in [0, 0.1) is 42.4 Å². The van der Waals surface area contributed by atoms with Crippen LogP contribution in [0.25, 0.3) is 10.8 Å². The maximum atomic E-state index is 4.20. The Bertz CT molecular complexity index is 919. The Balaban J connectivity index is 1.58. The van der Waals surface area contributed by atoms with Gasteiger partial charge in [-0.3, -0.25) is 0 Å². The molecular weight excluding hydrogens is 300 g/mol. The van der Waals surface area contributed by atoms with Gasteiger partial charge in [-0.05, 0) is 94.6 Å². The first-order valence-electron chi connectivity index (χ1n) is 10.0. The summed E-state index contributed by atoms with van der Waals surface area (Å²) in [7, 11) is 0. The molecule has 25 heavy (non-hydrogen) atoms. The van der Waals surface area contributed by atoms with Gasteiger partial charge in [-0.25, -0.2) is 0 Å². The van der Waals surface area contributed by atoms with Crippen LogP contribution < -0.4 is 0 Å². The van der Waals surface area contributed by atoms with Crippen LogP contribution in [0.4, 0.5) is 0 Å². The van der Waals surface area contributed by atoms with Crippen LogP contribution >= 0.6 is 0 Å². The molecule has 0 amide bonds. The summed E-state index contributed by atoms with van der Waals surface area (Å²) in [5, 5.41) is 3.06. The second kappa shape index (κ2) is 4.67. The minimum atomic E-state index is 0.701. The van der Waals surface area contributed by atoms with E-state index in [1.54, 1.807) is 16.5 Å². The summed E-state index contributed by atoms with van der Waals surface area (Å²) in [6, 6.07) is 11.7. The van der Waals surface area contributed by atoms with Crippen molar-refractivity contribution in [3.05, 3.63) is 72.3 Å². The third-order valence-electron chi connectivity index (χ3n) is 8.45. The molecule has 0 aromatic heterocycles. The van der Waals surface area contributed by atoms with E-state index in [0.29, 0.717) is 11.8 Å². The van der Waals surface area contributed by atoms with Gasteiger partial charge in [-0.1, -0.05) is 42.5 Å². The number of hydrogen-bond acceptors (Lipinski definition) is 0. The topological polar surface area (TPSA) is 0 Å². The van der Waals surface area contributed by atoms with E-state index >= 15 is 0 Å². The fourth-order valence-electron chi connectivity index (χ4n) is 7.91. The Hall–Kier alpha value is -1.82. The lowest BCUT2D eigenvalue weighted by atomic mass is 9.65. The van der Waals surface area contributed by atoms with E-state index in [4.69, 9.17) is 0 Å². The van der Waals surface area contributed by atoms with Gasteiger partial charge in [0.15, 0.2) is 0 Å². The zero-order valence-electron chi connectivity index (χ0n) is 15.0. The Labute approximate surface area is 150 Å². The molecule has 2 aromatic rings. The zero-order valence-corrected chi connectivity index (χ0v) is 15.0. The molecule has 0 aliphatic heterocycles. The van der Waals surface area contributed by atoms with Crippen LogP contribution in [0.15, 0.2) is 55.6 Å². The van der Waals surface area contributed by atoms with Crippen molar-refractivity contribution in [3.8, 4) is 0 Å². The van der Waals surface area contributed by atoms with Gasteiger partial charge in [0, 0.05) is 0 Å². The van der Waals surface area contributed by atoms with E-state index < -0.39 is 0 Å². The number of rotatable bonds is 2. The van der Waals surface area contributed by atoms with Gasteiger partial charge in [-0.2, -0.15) is 0 Å². The maximum absolute atomic E-state index is 4.20. The fraction of sp³-hybridized carbons (Fsp3) is 0.440. The summed E-state index contributed by atoms with van der Waals surface area (Å²) in [5.74, 6) is 6.32. The van der Waals surface area contributed by atoms with Crippen molar-refractivity contribution < 1.29 is 0 Å². The lowest BCUT2D eigenvalue weighted by Gasteiger charge is -2.38. The zero-order chi connectivity index (χ0) is 16.9. The largest absolute Gasteiger partial charge is 0.103 e. The first-order valence-corrected chi connectivity index (χ1v) is 10.0. The maximum Gasteiger partial charge on any atom is -0.00498 e. The molecule has 0 radical (unpaired) electrons. The second-order valence-electron chi connectivity index (χ2n) is 9.05. The molecule has 0 N–H and O–H groups in total. The molecule has 3 fully saturated rings. The minimum Gasteiger partial charge on any atom is -0.103 e. The van der Waals surface area contributed by atoms with Gasteiger partial charge in [0.05, 0.1) is 0 Å². The molecule has 126 valence electrons. The average Bonchev–Trinajstić information content (AvgIpc) is 3.35. The minimum absolute atomic E-state index is 0.701. The smallest absolute Gasteiger partial charge is 0.00498 e. The van der Waals surface area contributed by atoms with Gasteiger partial charge in [0.1, 0.15) is 0 Å². The van der Waals surface area contributed by atoms with Crippen molar-refractivity contribution in [1.82, 2.24) is 0 Å². The van der Waals surface area contributed by atoms with E-state index in [9.17, 15) is 0 Å². The first-order chi connectivity index (χ1) is 12.2. The highest BCUT2D eigenvalue weighted by Crippen LogP contribution is 2.74. The van der Waals surface area contributed by atoms with Crippen LogP contribution in [-0.4, -0.2) is 0 Å². The lowest BCUT2D eigenvalue weighted by molar-refractivity contribution is 0.174. The summed E-state index contributed by atoms with van der Waals surface area (Å²) < 4.78 is 0. The van der Waals surface area contributed by atoms with E-state index in [2.05, 4.69) is 62.6 Å². The van der Waals surface area contributed by atoms with Crippen LogP contribution in [0.5, 0.6) is 0 Å². The highest BCUT2D eigenvalue weighted by atomic mass is 14.7. The number of benzene rings is 2. The van der Waals surface area contributed by atoms with Gasteiger partial charge in [0.25, 0.3) is 0 Å². The van der Waals surface area contributed by atoms with Crippen molar-refractivity contribution in [2.45, 2.75) is 31.6 Å². The Morgan fingerprint density at radius 1 is 0.880 bits per heavy atom. The van der Waals surface area contributed by atoms with Crippen molar-refractivity contribution in [3.63, 3.8) is 0 Å². The molecule has 4 aliphatic rings. The third-order valence-corrected chi connectivity index (χ3v) is 8.45. The molecule has 8 unspecified atom stereocenters. The summed E-state index contributed by atoms with van der Waals surface area (Å²) in [6.45, 7) is 10.7. The van der Waals surface area contributed by atoms with E-state index in [0.717, 1.165) is 35.5 Å². The third kappa shape index (κ3) is 1.52. The SMILES string of the molecule is C=CC1CC(C=C)C2C3CC(C4c5cccc6ccc(C)c(c56)C34)C12. The van der Waals surface area contributed by atoms with Gasteiger partial charge >= 0.3 is 0 Å². The normalized spacial score (nSPS) is 42.6. The lowest BCUT2D eigenvalue weighted by Crippen LogP contribution is -2.32. The number of aryl methyl sites for hydroxylation is 1. The fourth-order valence-corrected chi connectivity index (χ4v) is 7.91. The predicted molar refractivity (Wildman–Crippen MR) is 105 cm³/mol. The molecule has 8 atom stereocenters. The number of allylic oxidation sites excluding steroid dienone is 2. The standard InChI is InChI=1S/C25H26/c1-4-14-11-15(5-2)22-19-12-18(21(14)22)24-17-8-6-7-16-10-9-13(3)20(23(16)17)25(19)24/h4-10,14-15,18-19,21-22,24-25H,1-2,11-12H2,3H3.